The molecule has 0 radical (unpaired) electrons. The average molecular weight is 475 g/mol. The average Bonchev–Trinajstić information content (AvgIpc) is 2.83. The number of esters is 1. The van der Waals surface area contributed by atoms with E-state index in [2.05, 4.69) is 49.6 Å². The molecule has 2 aromatic carbocycles. The third kappa shape index (κ3) is 6.15. The van der Waals surface area contributed by atoms with E-state index in [-0.39, 0.29) is 41.4 Å². The molecule has 0 bridgehead atoms. The van der Waals surface area contributed by atoms with Gasteiger partial charge in [-0.2, -0.15) is 0 Å². The molecule has 4 rings (SSSR count). The summed E-state index contributed by atoms with van der Waals surface area (Å²) in [5, 5.41) is 17.7. The minimum absolute atomic E-state index is 0. The molecule has 2 heterocycles. The van der Waals surface area contributed by atoms with Gasteiger partial charge in [0.15, 0.2) is 0 Å². The van der Waals surface area contributed by atoms with Crippen molar-refractivity contribution < 1.29 is 49.0 Å². The number of aryl methyl sites for hydroxylation is 4. The Morgan fingerprint density at radius 1 is 0.882 bits per heavy atom. The summed E-state index contributed by atoms with van der Waals surface area (Å²) < 4.78 is 4.89. The predicted molar refractivity (Wildman–Crippen MR) is 130 cm³/mol. The zero-order valence-electron chi connectivity index (χ0n) is 21.3. The summed E-state index contributed by atoms with van der Waals surface area (Å²) >= 11 is 0. The zero-order chi connectivity index (χ0) is 24.1. The Kier molecular flexibility index (Phi) is 10.5. The molecular weight excluding hydrogens is 439 g/mol. The van der Waals surface area contributed by atoms with Gasteiger partial charge in [-0.25, -0.2) is 0 Å². The monoisotopic (exact) mass is 474 g/mol. The minimum Gasteiger partial charge on any atom is -0.549 e. The Labute approximate surface area is 225 Å². The molecule has 0 spiro atoms. The largest absolute Gasteiger partial charge is 1.00 e. The van der Waals surface area contributed by atoms with Crippen LogP contribution in [0, 0.1) is 13.8 Å². The first-order valence-electron chi connectivity index (χ1n) is 11.8. The molecule has 2 aliphatic heterocycles. The number of fused-ring (bicyclic) bond motifs is 2. The summed E-state index contributed by atoms with van der Waals surface area (Å²) in [5.74, 6) is -1.65. The maximum absolute atomic E-state index is 11.8. The molecule has 0 aliphatic carbocycles. The number of carbonyl (C=O) groups is 2. The van der Waals surface area contributed by atoms with Crippen molar-refractivity contribution in [2.75, 3.05) is 30.8 Å². The molecule has 0 saturated heterocycles. The topological polar surface area (TPSA) is 90.5 Å². The molecule has 0 saturated carbocycles. The van der Waals surface area contributed by atoms with Crippen molar-refractivity contribution in [3.8, 4) is 0 Å². The first-order chi connectivity index (χ1) is 15.8. The van der Waals surface area contributed by atoms with Crippen molar-refractivity contribution >= 4 is 23.3 Å². The van der Waals surface area contributed by atoms with Crippen LogP contribution in [0.1, 0.15) is 71.9 Å². The number of carboxylic acids is 1. The van der Waals surface area contributed by atoms with Gasteiger partial charge in [0, 0.05) is 36.4 Å². The van der Waals surface area contributed by atoms with Gasteiger partial charge in [-0.3, -0.25) is 4.79 Å². The Morgan fingerprint density at radius 2 is 1.32 bits per heavy atom. The third-order valence-corrected chi connectivity index (χ3v) is 6.66. The van der Waals surface area contributed by atoms with Crippen molar-refractivity contribution in [3.05, 3.63) is 57.6 Å². The summed E-state index contributed by atoms with van der Waals surface area (Å²) in [6.45, 7) is 9.85. The number of carbonyl (C=O) groups excluding carboxylic acids is 2. The normalized spacial score (nSPS) is 17.9. The smallest absolute Gasteiger partial charge is 0.549 e. The van der Waals surface area contributed by atoms with Crippen molar-refractivity contribution in [1.29, 1.82) is 0 Å². The molecule has 0 aromatic heterocycles. The quantitative estimate of drug-likeness (QED) is 0.504. The number of methoxy groups -OCH3 is 1. The van der Waals surface area contributed by atoms with Crippen molar-refractivity contribution in [3.63, 3.8) is 0 Å². The van der Waals surface area contributed by atoms with Crippen molar-refractivity contribution in [1.82, 2.24) is 0 Å². The van der Waals surface area contributed by atoms with Gasteiger partial charge in [0.25, 0.3) is 0 Å². The van der Waals surface area contributed by atoms with Crippen LogP contribution in [0.3, 0.4) is 0 Å². The number of rotatable bonds is 4. The van der Waals surface area contributed by atoms with Crippen molar-refractivity contribution in [2.45, 2.75) is 65.2 Å². The fourth-order valence-electron chi connectivity index (χ4n) is 4.85. The second-order valence-electron chi connectivity index (χ2n) is 8.84. The van der Waals surface area contributed by atoms with Gasteiger partial charge in [0.05, 0.1) is 13.0 Å². The van der Waals surface area contributed by atoms with Crippen LogP contribution in [-0.2, 0) is 27.2 Å². The molecule has 0 amide bonds. The van der Waals surface area contributed by atoms with Crippen LogP contribution in [0.2, 0.25) is 0 Å². The number of anilines is 2. The third-order valence-electron chi connectivity index (χ3n) is 6.66. The fraction of sp³-hybridized carbons (Fsp3) is 0.481. The molecular formula is C27H35N2NaO4. The zero-order valence-corrected chi connectivity index (χ0v) is 23.3. The van der Waals surface area contributed by atoms with Crippen LogP contribution in [0.5, 0.6) is 0 Å². The van der Waals surface area contributed by atoms with Gasteiger partial charge in [-0.05, 0) is 72.9 Å². The predicted octanol–water partition coefficient (Wildman–Crippen LogP) is 0.840. The number of carboxylic acid groups (broad SMARTS) is 1. The second kappa shape index (κ2) is 12.6. The van der Waals surface area contributed by atoms with E-state index < -0.39 is 11.9 Å². The van der Waals surface area contributed by atoms with Crippen LogP contribution in [0.15, 0.2) is 24.3 Å². The number of aliphatic carboxylic acids is 1. The van der Waals surface area contributed by atoms with Gasteiger partial charge >= 0.3 is 35.5 Å². The Hall–Kier alpha value is -2.02. The van der Waals surface area contributed by atoms with Crippen LogP contribution in [0.25, 0.3) is 0 Å². The Balaban J connectivity index is 0.000000234. The van der Waals surface area contributed by atoms with Crippen LogP contribution in [0.4, 0.5) is 11.4 Å². The van der Waals surface area contributed by atoms with Gasteiger partial charge in [0.1, 0.15) is 0 Å². The molecule has 2 N–H and O–H groups in total. The fourth-order valence-corrected chi connectivity index (χ4v) is 4.85. The summed E-state index contributed by atoms with van der Waals surface area (Å²) in [7, 11) is 1.46. The number of benzene rings is 2. The van der Waals surface area contributed by atoms with Gasteiger partial charge in [0.2, 0.25) is 0 Å². The summed E-state index contributed by atoms with van der Waals surface area (Å²) in [6.07, 6.45) is 3.34. The molecule has 7 heteroatoms. The minimum atomic E-state index is -0.963. The molecule has 6 nitrogen and oxygen atoms in total. The van der Waals surface area contributed by atoms with E-state index in [1.807, 2.05) is 13.0 Å². The standard InChI is InChI=1S/C14H19NO2.C13H17NO2.Na/c1-4-10-7-9(2)13-12(8-10)11(5-6-15-13)14(16)17-3;1-3-9-6-8(2)12-11(7-9)10(13(15)16)4-5-14-12;/h7-8,11,15H,4-6H2,1-3H3;6-7,10,14H,3-5H2,1-2H3,(H,15,16);/q;;+1/p-1. The van der Waals surface area contributed by atoms with E-state index in [0.717, 1.165) is 53.9 Å². The number of hydrogen-bond donors (Lipinski definition) is 2. The van der Waals surface area contributed by atoms with Crippen LogP contribution in [-0.4, -0.2) is 32.1 Å². The van der Waals surface area contributed by atoms with E-state index in [4.69, 9.17) is 4.74 Å². The molecule has 34 heavy (non-hydrogen) atoms. The van der Waals surface area contributed by atoms with Gasteiger partial charge < -0.3 is 25.3 Å². The second-order valence-corrected chi connectivity index (χ2v) is 8.84. The van der Waals surface area contributed by atoms with Crippen molar-refractivity contribution in [2.24, 2.45) is 0 Å². The molecule has 178 valence electrons. The van der Waals surface area contributed by atoms with E-state index in [0.29, 0.717) is 13.0 Å². The molecule has 2 aromatic rings. The number of hydrogen-bond acceptors (Lipinski definition) is 6. The summed E-state index contributed by atoms with van der Waals surface area (Å²) in [4.78, 5) is 22.9. The summed E-state index contributed by atoms with van der Waals surface area (Å²) in [5.41, 5.74) is 8.89. The van der Waals surface area contributed by atoms with E-state index in [1.165, 1.54) is 23.8 Å². The SMILES string of the molecule is CCc1cc(C)c2c(c1)C(C(=O)OC)CCN2.CCc1cc(C)c2c(c1)C(C(=O)[O-])CCN2.[Na+]. The molecule has 0 fully saturated rings. The number of nitrogens with one attached hydrogen (secondary N) is 2. The van der Waals surface area contributed by atoms with E-state index >= 15 is 0 Å². The maximum Gasteiger partial charge on any atom is 1.00 e. The van der Waals surface area contributed by atoms with Gasteiger partial charge in [-0.1, -0.05) is 38.1 Å². The molecule has 2 atom stereocenters. The van der Waals surface area contributed by atoms with Crippen LogP contribution < -0.4 is 45.3 Å². The maximum atomic E-state index is 11.8. The van der Waals surface area contributed by atoms with Gasteiger partial charge in [-0.15, -0.1) is 0 Å². The van der Waals surface area contributed by atoms with E-state index in [1.54, 1.807) is 0 Å². The molecule has 2 aliphatic rings. The number of ether oxygens (including phenoxy) is 1. The first kappa shape index (κ1) is 28.2. The summed E-state index contributed by atoms with van der Waals surface area (Å²) in [6, 6.07) is 8.43. The van der Waals surface area contributed by atoms with Crippen LogP contribution >= 0.6 is 0 Å². The van der Waals surface area contributed by atoms with E-state index in [9.17, 15) is 14.7 Å². The molecule has 2 unspecified atom stereocenters. The Bertz CT molecular complexity index is 1040. The first-order valence-corrected chi connectivity index (χ1v) is 11.8. The Morgan fingerprint density at radius 3 is 1.74 bits per heavy atom.